The van der Waals surface area contributed by atoms with Crippen molar-refractivity contribution >= 4 is 29.5 Å². The predicted molar refractivity (Wildman–Crippen MR) is 63.7 cm³/mol. The van der Waals surface area contributed by atoms with Gasteiger partial charge in [0.1, 0.15) is 0 Å². The van der Waals surface area contributed by atoms with Crippen molar-refractivity contribution in [2.24, 2.45) is 0 Å². The van der Waals surface area contributed by atoms with Crippen molar-refractivity contribution < 1.29 is 4.79 Å². The minimum atomic E-state index is -0.0534. The second-order valence-electron chi connectivity index (χ2n) is 2.98. The maximum Gasteiger partial charge on any atom is 0.202 e. The fraction of sp³-hybridized carbons (Fsp3) is 0.889. The zero-order valence-corrected chi connectivity index (χ0v) is 10.1. The topological polar surface area (TPSA) is 29.1 Å². The Kier molecular flexibility index (Phi) is 9.13. The Hall–Kier alpha value is 0.330. The third-order valence-electron chi connectivity index (χ3n) is 1.83. The van der Waals surface area contributed by atoms with Crippen LogP contribution < -0.4 is 5.32 Å². The molecule has 0 aromatic carbocycles. The van der Waals surface area contributed by atoms with Crippen LogP contribution in [0.2, 0.25) is 0 Å². The monoisotopic (exact) mass is 221 g/mol. The van der Waals surface area contributed by atoms with Gasteiger partial charge in [0.2, 0.25) is 5.12 Å². The molecule has 0 bridgehead atoms. The highest BCUT2D eigenvalue weighted by Crippen LogP contribution is 2.03. The maximum absolute atomic E-state index is 11.0. The molecule has 0 aliphatic carbocycles. The first-order valence-electron chi connectivity index (χ1n) is 4.67. The van der Waals surface area contributed by atoms with Gasteiger partial charge in [-0.25, -0.2) is 0 Å². The summed E-state index contributed by atoms with van der Waals surface area (Å²) < 4.78 is 0. The van der Waals surface area contributed by atoms with Crippen LogP contribution in [0.15, 0.2) is 0 Å². The second kappa shape index (κ2) is 8.91. The Labute approximate surface area is 90.6 Å². The minimum Gasteiger partial charge on any atom is -0.307 e. The number of carbonyl (C=O) groups is 1. The number of unbranched alkanes of at least 4 members (excludes halogenated alkanes) is 1. The molecule has 0 fully saturated rings. The van der Waals surface area contributed by atoms with E-state index in [2.05, 4.69) is 24.9 Å². The van der Waals surface area contributed by atoms with E-state index in [1.165, 1.54) is 0 Å². The van der Waals surface area contributed by atoms with Crippen molar-refractivity contribution in [3.63, 3.8) is 0 Å². The lowest BCUT2D eigenvalue weighted by Gasteiger charge is -2.13. The Morgan fingerprint density at radius 3 is 2.77 bits per heavy atom. The number of nitrogens with one attached hydrogen (secondary N) is 1. The number of rotatable bonds is 8. The van der Waals surface area contributed by atoms with Gasteiger partial charge >= 0.3 is 0 Å². The average Bonchev–Trinajstić information content (AvgIpc) is 2.10. The highest BCUT2D eigenvalue weighted by molar-refractivity contribution is 7.98. The number of thiol groups is 1. The third-order valence-corrected chi connectivity index (χ3v) is 2.79. The molecule has 0 radical (unpaired) electrons. The van der Waals surface area contributed by atoms with Crippen molar-refractivity contribution in [2.75, 3.05) is 18.6 Å². The van der Waals surface area contributed by atoms with E-state index < -0.39 is 0 Å². The summed E-state index contributed by atoms with van der Waals surface area (Å²) in [6.07, 6.45) is 5.21. The minimum absolute atomic E-state index is 0.0369. The van der Waals surface area contributed by atoms with Gasteiger partial charge < -0.3 is 5.32 Å². The first-order valence-corrected chi connectivity index (χ1v) is 6.51. The molecular formula is C9H19NOS2. The molecular weight excluding hydrogens is 202 g/mol. The van der Waals surface area contributed by atoms with Crippen LogP contribution in [0, 0.1) is 0 Å². The van der Waals surface area contributed by atoms with Gasteiger partial charge in [-0.2, -0.15) is 11.8 Å². The molecule has 0 aromatic heterocycles. The van der Waals surface area contributed by atoms with Crippen molar-refractivity contribution in [3.8, 4) is 0 Å². The van der Waals surface area contributed by atoms with Crippen molar-refractivity contribution in [2.45, 2.75) is 32.2 Å². The Morgan fingerprint density at radius 2 is 2.31 bits per heavy atom. The van der Waals surface area contributed by atoms with E-state index >= 15 is 0 Å². The molecule has 4 heteroatoms. The van der Waals surface area contributed by atoms with Gasteiger partial charge in [0, 0.05) is 0 Å². The highest BCUT2D eigenvalue weighted by atomic mass is 32.2. The van der Waals surface area contributed by atoms with Crippen LogP contribution in [0.3, 0.4) is 0 Å². The van der Waals surface area contributed by atoms with Crippen LogP contribution in [-0.2, 0) is 4.79 Å². The van der Waals surface area contributed by atoms with E-state index in [1.807, 2.05) is 6.26 Å². The third kappa shape index (κ3) is 7.40. The molecule has 1 atom stereocenters. The van der Waals surface area contributed by atoms with Crippen LogP contribution in [0.1, 0.15) is 26.2 Å². The van der Waals surface area contributed by atoms with Gasteiger partial charge in [-0.05, 0) is 31.4 Å². The molecule has 78 valence electrons. The lowest BCUT2D eigenvalue weighted by Crippen LogP contribution is -2.35. The van der Waals surface area contributed by atoms with Gasteiger partial charge in [0.15, 0.2) is 0 Å². The number of hydrogen-bond donors (Lipinski definition) is 2. The van der Waals surface area contributed by atoms with E-state index in [0.29, 0.717) is 0 Å². The van der Waals surface area contributed by atoms with Gasteiger partial charge in [-0.3, -0.25) is 4.79 Å². The zero-order chi connectivity index (χ0) is 10.1. The standard InChI is InChI=1S/C9H19NOS2/c1-3-4-6-10-8(9(11)12)5-7-13-2/h8,10H,3-7H2,1-2H3,(H,11,12)/t8-/m0/s1. The Morgan fingerprint density at radius 1 is 1.62 bits per heavy atom. The Balaban J connectivity index is 3.61. The van der Waals surface area contributed by atoms with Gasteiger partial charge in [-0.1, -0.05) is 13.3 Å². The molecule has 0 heterocycles. The number of thioether (sulfide) groups is 1. The smallest absolute Gasteiger partial charge is 0.202 e. The molecule has 0 saturated carbocycles. The summed E-state index contributed by atoms with van der Waals surface area (Å²) in [4.78, 5) is 11.0. The first kappa shape index (κ1) is 13.3. The van der Waals surface area contributed by atoms with Gasteiger partial charge in [-0.15, -0.1) is 12.6 Å². The largest absolute Gasteiger partial charge is 0.307 e. The molecule has 0 aromatic rings. The van der Waals surface area contributed by atoms with E-state index in [0.717, 1.165) is 31.6 Å². The predicted octanol–water partition coefficient (Wildman–Crippen LogP) is 1.95. The maximum atomic E-state index is 11.0. The summed E-state index contributed by atoms with van der Waals surface area (Å²) in [5.74, 6) is 1.01. The van der Waals surface area contributed by atoms with Crippen LogP contribution in [0.5, 0.6) is 0 Å². The lowest BCUT2D eigenvalue weighted by atomic mass is 10.2. The second-order valence-corrected chi connectivity index (χ2v) is 4.41. The molecule has 0 amide bonds. The molecule has 0 rings (SSSR count). The van der Waals surface area contributed by atoms with Crippen molar-refractivity contribution in [1.29, 1.82) is 0 Å². The normalized spacial score (nSPS) is 12.8. The molecule has 0 saturated heterocycles. The van der Waals surface area contributed by atoms with Crippen LogP contribution >= 0.6 is 24.4 Å². The SMILES string of the molecule is CCCCN[C@@H](CCSC)C(=O)S. The molecule has 0 unspecified atom stereocenters. The quantitative estimate of drug-likeness (QED) is 0.485. The molecule has 0 aliphatic rings. The highest BCUT2D eigenvalue weighted by Gasteiger charge is 2.12. The average molecular weight is 221 g/mol. The van der Waals surface area contributed by atoms with Gasteiger partial charge in [0.25, 0.3) is 0 Å². The van der Waals surface area contributed by atoms with E-state index in [1.54, 1.807) is 11.8 Å². The van der Waals surface area contributed by atoms with E-state index in [-0.39, 0.29) is 11.2 Å². The van der Waals surface area contributed by atoms with Crippen molar-refractivity contribution in [1.82, 2.24) is 5.32 Å². The molecule has 2 nitrogen and oxygen atoms in total. The summed E-state index contributed by atoms with van der Waals surface area (Å²) >= 11 is 5.62. The summed E-state index contributed by atoms with van der Waals surface area (Å²) in [5.41, 5.74) is 0. The van der Waals surface area contributed by atoms with Crippen LogP contribution in [0.25, 0.3) is 0 Å². The fourth-order valence-corrected chi connectivity index (χ4v) is 1.69. The zero-order valence-electron chi connectivity index (χ0n) is 8.38. The molecule has 0 spiro atoms. The summed E-state index contributed by atoms with van der Waals surface area (Å²) in [7, 11) is 0. The molecule has 13 heavy (non-hydrogen) atoms. The lowest BCUT2D eigenvalue weighted by molar-refractivity contribution is -0.112. The van der Waals surface area contributed by atoms with E-state index in [4.69, 9.17) is 0 Å². The summed E-state index contributed by atoms with van der Waals surface area (Å²) in [6.45, 7) is 3.06. The summed E-state index contributed by atoms with van der Waals surface area (Å²) in [5, 5.41) is 3.18. The number of carbonyl (C=O) groups excluding carboxylic acids is 1. The van der Waals surface area contributed by atoms with Crippen LogP contribution in [-0.4, -0.2) is 29.7 Å². The van der Waals surface area contributed by atoms with Crippen molar-refractivity contribution in [3.05, 3.63) is 0 Å². The van der Waals surface area contributed by atoms with Gasteiger partial charge in [0.05, 0.1) is 6.04 Å². The number of hydrogen-bond acceptors (Lipinski definition) is 3. The van der Waals surface area contributed by atoms with E-state index in [9.17, 15) is 4.79 Å². The fourth-order valence-electron chi connectivity index (χ4n) is 1.00. The Bertz CT molecular complexity index is 142. The summed E-state index contributed by atoms with van der Waals surface area (Å²) in [6, 6.07) is -0.0534. The first-order chi connectivity index (χ1) is 6.22. The molecule has 0 aliphatic heterocycles. The van der Waals surface area contributed by atoms with Crippen LogP contribution in [0.4, 0.5) is 0 Å². The molecule has 1 N–H and O–H groups in total.